The van der Waals surface area contributed by atoms with Gasteiger partial charge in [0.05, 0.1) is 22.8 Å². The predicted molar refractivity (Wildman–Crippen MR) is 168 cm³/mol. The van der Waals surface area contributed by atoms with Crippen molar-refractivity contribution in [3.05, 3.63) is 65.3 Å². The number of anilines is 2. The van der Waals surface area contributed by atoms with E-state index >= 15 is 0 Å². The molecule has 2 aromatic carbocycles. The Morgan fingerprint density at radius 3 is 2.84 bits per heavy atom. The van der Waals surface area contributed by atoms with E-state index in [1.165, 1.54) is 6.08 Å². The van der Waals surface area contributed by atoms with Crippen LogP contribution in [0.3, 0.4) is 0 Å². The van der Waals surface area contributed by atoms with Gasteiger partial charge in [0.2, 0.25) is 5.91 Å². The van der Waals surface area contributed by atoms with Crippen molar-refractivity contribution in [3.8, 4) is 6.01 Å². The first-order valence-electron chi connectivity index (χ1n) is 15.3. The highest BCUT2D eigenvalue weighted by atomic mass is 35.5. The van der Waals surface area contributed by atoms with Crippen LogP contribution in [0.2, 0.25) is 5.02 Å². The molecule has 3 saturated heterocycles. The van der Waals surface area contributed by atoms with Crippen LogP contribution in [0.4, 0.5) is 15.9 Å². The van der Waals surface area contributed by atoms with Crippen LogP contribution in [-0.4, -0.2) is 90.3 Å². The molecular weight excluding hydrogens is 567 g/mol. The highest BCUT2D eigenvalue weighted by molar-refractivity contribution is 6.36. The van der Waals surface area contributed by atoms with E-state index in [4.69, 9.17) is 26.3 Å². The van der Waals surface area contributed by atoms with Crippen molar-refractivity contribution in [3.63, 3.8) is 0 Å². The van der Waals surface area contributed by atoms with Crippen molar-refractivity contribution in [1.82, 2.24) is 19.8 Å². The van der Waals surface area contributed by atoms with Gasteiger partial charge in [-0.2, -0.15) is 9.97 Å². The molecule has 2 atom stereocenters. The summed E-state index contributed by atoms with van der Waals surface area (Å²) < 4.78 is 20.8. The Morgan fingerprint density at radius 2 is 2.02 bits per heavy atom. The number of rotatable bonds is 8. The minimum Gasteiger partial charge on any atom is -0.461 e. The molecule has 0 spiro atoms. The summed E-state index contributed by atoms with van der Waals surface area (Å²) in [6.45, 7) is 9.00. The summed E-state index contributed by atoms with van der Waals surface area (Å²) in [5, 5.41) is 2.89. The summed E-state index contributed by atoms with van der Waals surface area (Å²) in [6.07, 6.45) is 3.84. The second-order valence-corrected chi connectivity index (χ2v) is 13.0. The molecular formula is C33H38ClFN6O2. The van der Waals surface area contributed by atoms with E-state index in [-0.39, 0.29) is 11.4 Å². The fraction of sp³-hybridized carbons (Fsp3) is 0.485. The Labute approximate surface area is 257 Å². The molecule has 3 aromatic rings. The average molecular weight is 605 g/mol. The van der Waals surface area contributed by atoms with E-state index in [2.05, 4.69) is 52.6 Å². The molecule has 4 aliphatic rings. The van der Waals surface area contributed by atoms with Gasteiger partial charge in [-0.3, -0.25) is 9.69 Å². The van der Waals surface area contributed by atoms with Gasteiger partial charge in [0.15, 0.2) is 0 Å². The normalized spacial score (nSPS) is 23.7. The Kier molecular flexibility index (Phi) is 7.42. The second kappa shape index (κ2) is 11.2. The summed E-state index contributed by atoms with van der Waals surface area (Å²) in [5.41, 5.74) is 2.88. The van der Waals surface area contributed by atoms with Gasteiger partial charge in [-0.15, -0.1) is 0 Å². The average Bonchev–Trinajstić information content (AvgIpc) is 3.52. The number of carbonyl (C=O) groups excluding carboxylic acids is 1. The summed E-state index contributed by atoms with van der Waals surface area (Å²) in [5.74, 6) is 1.21. The number of hydrogen-bond donors (Lipinski definition) is 0. The van der Waals surface area contributed by atoms with E-state index in [1.807, 2.05) is 17.0 Å². The fourth-order valence-corrected chi connectivity index (χ4v) is 7.91. The number of likely N-dealkylation sites (tertiary alicyclic amines) is 1. The number of aromatic nitrogens is 2. The number of halogens is 2. The van der Waals surface area contributed by atoms with E-state index in [9.17, 15) is 9.18 Å². The molecule has 8 nitrogen and oxygen atoms in total. The molecule has 0 N–H and O–H groups in total. The summed E-state index contributed by atoms with van der Waals surface area (Å²) in [7, 11) is 2.06. The van der Waals surface area contributed by atoms with Gasteiger partial charge in [0, 0.05) is 68.7 Å². The van der Waals surface area contributed by atoms with Crippen LogP contribution in [0.15, 0.2) is 49.1 Å². The molecule has 1 amide bonds. The van der Waals surface area contributed by atoms with E-state index in [0.29, 0.717) is 51.1 Å². The van der Waals surface area contributed by atoms with E-state index < -0.39 is 6.17 Å². The summed E-state index contributed by atoms with van der Waals surface area (Å²) in [6, 6.07) is 12.6. The van der Waals surface area contributed by atoms with Crippen LogP contribution in [0.5, 0.6) is 6.01 Å². The third kappa shape index (κ3) is 5.20. The number of benzene rings is 2. The minimum absolute atomic E-state index is 0.0228. The van der Waals surface area contributed by atoms with Gasteiger partial charge in [0.25, 0.3) is 0 Å². The molecule has 0 bridgehead atoms. The number of fused-ring (bicyclic) bond motifs is 3. The van der Waals surface area contributed by atoms with Gasteiger partial charge in [-0.1, -0.05) is 42.4 Å². The zero-order valence-electron chi connectivity index (χ0n) is 24.6. The maximum atomic E-state index is 14.4. The lowest BCUT2D eigenvalue weighted by Crippen LogP contribution is -2.53. The number of hydrogen-bond acceptors (Lipinski definition) is 7. The third-order valence-electron chi connectivity index (χ3n) is 9.76. The van der Waals surface area contributed by atoms with Crippen LogP contribution < -0.4 is 14.5 Å². The molecule has 5 heterocycles. The highest BCUT2D eigenvalue weighted by Crippen LogP contribution is 2.41. The molecule has 0 unspecified atom stereocenters. The molecule has 226 valence electrons. The molecule has 1 aromatic heterocycles. The fourth-order valence-electron chi connectivity index (χ4n) is 7.63. The molecule has 3 fully saturated rings. The lowest BCUT2D eigenvalue weighted by atomic mass is 9.95. The first-order valence-corrected chi connectivity index (χ1v) is 15.7. The SMILES string of the molecule is C=CC(=O)N1CC(CN(C)c2nc(OC[C@@]34CCCN3C[C@@H](F)C4)nc3c2CCN(c2cccc4cccc(Cl)c24)C3)C1. The number of ether oxygens (including phenoxy) is 1. The van der Waals surface area contributed by atoms with Crippen LogP contribution in [0.25, 0.3) is 10.8 Å². The zero-order chi connectivity index (χ0) is 29.7. The minimum atomic E-state index is -0.814. The number of carbonyl (C=O) groups is 1. The van der Waals surface area contributed by atoms with Crippen molar-refractivity contribution in [2.75, 3.05) is 62.7 Å². The largest absolute Gasteiger partial charge is 0.461 e. The van der Waals surface area contributed by atoms with Gasteiger partial charge < -0.3 is 19.4 Å². The topological polar surface area (TPSA) is 65.0 Å². The second-order valence-electron chi connectivity index (χ2n) is 12.6. The number of nitrogens with zero attached hydrogens (tertiary/aromatic N) is 6. The standard InChI is InChI=1S/C33H38ClFN6O2/c1-3-29(42)40-17-22(18-40)16-38(2)31-25-11-14-39(28-10-5-8-23-7-4-9-26(34)30(23)28)20-27(25)36-32(37-31)43-21-33-12-6-13-41(33)19-24(35)15-33/h3-5,7-10,22,24H,1,6,11-21H2,2H3/t24-,33-/m0/s1. The Bertz CT molecular complexity index is 1560. The Balaban J connectivity index is 1.18. The lowest BCUT2D eigenvalue weighted by molar-refractivity contribution is -0.131. The molecule has 4 aliphatic heterocycles. The van der Waals surface area contributed by atoms with Crippen molar-refractivity contribution in [1.29, 1.82) is 0 Å². The molecule has 10 heteroatoms. The summed E-state index contributed by atoms with van der Waals surface area (Å²) >= 11 is 6.70. The lowest BCUT2D eigenvalue weighted by Gasteiger charge is -2.41. The Hall–Kier alpha value is -3.43. The van der Waals surface area contributed by atoms with Gasteiger partial charge in [-0.25, -0.2) is 4.39 Å². The maximum absolute atomic E-state index is 14.4. The third-order valence-corrected chi connectivity index (χ3v) is 10.1. The molecule has 0 saturated carbocycles. The molecule has 7 rings (SSSR count). The van der Waals surface area contributed by atoms with Crippen molar-refractivity contribution in [2.24, 2.45) is 5.92 Å². The van der Waals surface area contributed by atoms with Crippen LogP contribution in [0, 0.1) is 5.92 Å². The summed E-state index contributed by atoms with van der Waals surface area (Å²) in [4.78, 5) is 30.5. The van der Waals surface area contributed by atoms with Gasteiger partial charge in [-0.05, 0) is 49.4 Å². The smallest absolute Gasteiger partial charge is 0.318 e. The Morgan fingerprint density at radius 1 is 1.21 bits per heavy atom. The van der Waals surface area contributed by atoms with E-state index in [0.717, 1.165) is 77.5 Å². The maximum Gasteiger partial charge on any atom is 0.318 e. The molecule has 43 heavy (non-hydrogen) atoms. The monoisotopic (exact) mass is 604 g/mol. The molecule has 0 radical (unpaired) electrons. The molecule has 0 aliphatic carbocycles. The van der Waals surface area contributed by atoms with Crippen LogP contribution in [0.1, 0.15) is 30.5 Å². The van der Waals surface area contributed by atoms with Crippen molar-refractivity contribution >= 4 is 39.8 Å². The van der Waals surface area contributed by atoms with Crippen molar-refractivity contribution in [2.45, 2.75) is 43.9 Å². The first-order chi connectivity index (χ1) is 20.8. The number of alkyl halides is 1. The zero-order valence-corrected chi connectivity index (χ0v) is 25.4. The van der Waals surface area contributed by atoms with Crippen LogP contribution >= 0.6 is 11.6 Å². The first kappa shape index (κ1) is 28.3. The van der Waals surface area contributed by atoms with Crippen molar-refractivity contribution < 1.29 is 13.9 Å². The van der Waals surface area contributed by atoms with Crippen LogP contribution in [-0.2, 0) is 17.8 Å². The number of amides is 1. The predicted octanol–water partition coefficient (Wildman–Crippen LogP) is 4.88. The highest BCUT2D eigenvalue weighted by Gasteiger charge is 2.49. The quantitative estimate of drug-likeness (QED) is 0.340. The van der Waals surface area contributed by atoms with E-state index in [1.54, 1.807) is 0 Å². The van der Waals surface area contributed by atoms with Gasteiger partial charge >= 0.3 is 6.01 Å². The van der Waals surface area contributed by atoms with Gasteiger partial charge in [0.1, 0.15) is 18.6 Å².